The standard InChI is InChI=1S/C12H16N2.C8H8O3/c1-9(14)10-4-6-11(7-5-10)12(2,3)8-13;9-7(8(10)11)6-4-2-1-3-5-6/h4-7,9H,14H2,1-3H3;1-5,7,9H,(H,10,11). The van der Waals surface area contributed by atoms with Crippen LogP contribution in [0.1, 0.15) is 49.6 Å². The minimum absolute atomic E-state index is 0.0502. The van der Waals surface area contributed by atoms with Gasteiger partial charge in [-0.2, -0.15) is 5.26 Å². The highest BCUT2D eigenvalue weighted by Crippen LogP contribution is 2.23. The molecule has 0 heterocycles. The first-order valence-electron chi connectivity index (χ1n) is 7.92. The highest BCUT2D eigenvalue weighted by Gasteiger charge is 2.19. The number of rotatable bonds is 4. The molecule has 5 heteroatoms. The van der Waals surface area contributed by atoms with E-state index < -0.39 is 17.5 Å². The van der Waals surface area contributed by atoms with Crippen molar-refractivity contribution >= 4 is 5.97 Å². The number of aliphatic hydroxyl groups is 1. The van der Waals surface area contributed by atoms with Crippen LogP contribution in [0.5, 0.6) is 0 Å². The fraction of sp³-hybridized carbons (Fsp3) is 0.300. The van der Waals surface area contributed by atoms with E-state index >= 15 is 0 Å². The molecule has 2 atom stereocenters. The number of aliphatic hydroxyl groups excluding tert-OH is 1. The van der Waals surface area contributed by atoms with Gasteiger partial charge in [0.2, 0.25) is 0 Å². The van der Waals surface area contributed by atoms with E-state index in [1.807, 2.05) is 45.0 Å². The van der Waals surface area contributed by atoms with E-state index in [-0.39, 0.29) is 6.04 Å². The number of hydrogen-bond acceptors (Lipinski definition) is 4. The average molecular weight is 340 g/mol. The van der Waals surface area contributed by atoms with Gasteiger partial charge in [-0.1, -0.05) is 54.6 Å². The Morgan fingerprint density at radius 1 is 1.08 bits per heavy atom. The van der Waals surface area contributed by atoms with Crippen LogP contribution < -0.4 is 5.73 Å². The molecule has 0 fully saturated rings. The fourth-order valence-electron chi connectivity index (χ4n) is 2.05. The lowest BCUT2D eigenvalue weighted by Gasteiger charge is -2.16. The number of aliphatic carboxylic acids is 1. The van der Waals surface area contributed by atoms with Crippen LogP contribution in [0.15, 0.2) is 54.6 Å². The third-order valence-corrected chi connectivity index (χ3v) is 3.79. The molecule has 0 aromatic heterocycles. The van der Waals surface area contributed by atoms with Crippen LogP contribution >= 0.6 is 0 Å². The molecule has 2 rings (SSSR count). The van der Waals surface area contributed by atoms with Crippen molar-refractivity contribution in [2.75, 3.05) is 0 Å². The maximum atomic E-state index is 10.2. The number of hydrogen-bond donors (Lipinski definition) is 3. The molecule has 0 amide bonds. The molecule has 2 unspecified atom stereocenters. The molecule has 0 aliphatic heterocycles. The molecular weight excluding hydrogens is 316 g/mol. The maximum absolute atomic E-state index is 10.2. The van der Waals surface area contributed by atoms with Gasteiger partial charge in [-0.3, -0.25) is 0 Å². The Morgan fingerprint density at radius 3 is 2.00 bits per heavy atom. The van der Waals surface area contributed by atoms with Crippen molar-refractivity contribution in [1.29, 1.82) is 5.26 Å². The summed E-state index contributed by atoms with van der Waals surface area (Å²) in [5.74, 6) is -1.23. The normalized spacial score (nSPS) is 13.0. The van der Waals surface area contributed by atoms with Crippen LogP contribution in [0, 0.1) is 11.3 Å². The number of nitrogens with two attached hydrogens (primary N) is 1. The molecule has 0 aliphatic carbocycles. The van der Waals surface area contributed by atoms with Crippen LogP contribution in [-0.2, 0) is 10.2 Å². The Hall–Kier alpha value is -2.68. The Morgan fingerprint density at radius 2 is 1.60 bits per heavy atom. The van der Waals surface area contributed by atoms with Crippen LogP contribution in [0.4, 0.5) is 0 Å². The molecule has 0 saturated heterocycles. The molecule has 0 bridgehead atoms. The molecule has 2 aromatic carbocycles. The van der Waals surface area contributed by atoms with E-state index in [0.29, 0.717) is 5.56 Å². The Balaban J connectivity index is 0.000000257. The lowest BCUT2D eigenvalue weighted by molar-refractivity contribution is -0.146. The van der Waals surface area contributed by atoms with E-state index in [4.69, 9.17) is 21.2 Å². The summed E-state index contributed by atoms with van der Waals surface area (Å²) in [6, 6.07) is 18.5. The molecule has 0 spiro atoms. The van der Waals surface area contributed by atoms with Gasteiger partial charge in [0.1, 0.15) is 0 Å². The van der Waals surface area contributed by atoms with E-state index in [2.05, 4.69) is 6.07 Å². The highest BCUT2D eigenvalue weighted by atomic mass is 16.4. The first kappa shape index (κ1) is 20.4. The van der Waals surface area contributed by atoms with Gasteiger partial charge in [0.15, 0.2) is 6.10 Å². The van der Waals surface area contributed by atoms with E-state index in [1.165, 1.54) is 0 Å². The lowest BCUT2D eigenvalue weighted by atomic mass is 9.86. The molecule has 132 valence electrons. The number of carboxylic acids is 1. The maximum Gasteiger partial charge on any atom is 0.337 e. The number of nitrogens with zero attached hydrogens (tertiary/aromatic N) is 1. The molecule has 4 N–H and O–H groups in total. The number of carboxylic acid groups (broad SMARTS) is 1. The third-order valence-electron chi connectivity index (χ3n) is 3.79. The van der Waals surface area contributed by atoms with Crippen LogP contribution in [0.3, 0.4) is 0 Å². The monoisotopic (exact) mass is 340 g/mol. The number of benzene rings is 2. The van der Waals surface area contributed by atoms with Crippen LogP contribution in [-0.4, -0.2) is 16.2 Å². The zero-order valence-corrected chi connectivity index (χ0v) is 14.7. The summed E-state index contributed by atoms with van der Waals surface area (Å²) < 4.78 is 0. The number of carbonyl (C=O) groups is 1. The molecule has 25 heavy (non-hydrogen) atoms. The minimum atomic E-state index is -1.41. The summed E-state index contributed by atoms with van der Waals surface area (Å²) in [4.78, 5) is 10.2. The molecule has 5 nitrogen and oxygen atoms in total. The Labute approximate surface area is 148 Å². The summed E-state index contributed by atoms with van der Waals surface area (Å²) in [6.45, 7) is 5.77. The first-order valence-corrected chi connectivity index (χ1v) is 7.92. The number of nitriles is 1. The van der Waals surface area contributed by atoms with Crippen molar-refractivity contribution in [3.8, 4) is 6.07 Å². The summed E-state index contributed by atoms with van der Waals surface area (Å²) >= 11 is 0. The predicted octanol–water partition coefficient (Wildman–Crippen LogP) is 3.31. The SMILES string of the molecule is CC(N)c1ccc(C(C)(C)C#N)cc1.O=C(O)C(O)c1ccccc1. The second-order valence-electron chi connectivity index (χ2n) is 6.30. The molecule has 0 radical (unpaired) electrons. The molecule has 0 aliphatic rings. The zero-order chi connectivity index (χ0) is 19.0. The highest BCUT2D eigenvalue weighted by molar-refractivity contribution is 5.73. The average Bonchev–Trinajstić information content (AvgIpc) is 2.62. The van der Waals surface area contributed by atoms with Gasteiger partial charge in [0.05, 0.1) is 11.5 Å². The van der Waals surface area contributed by atoms with Crippen molar-refractivity contribution < 1.29 is 15.0 Å². The van der Waals surface area contributed by atoms with Gasteiger partial charge < -0.3 is 15.9 Å². The van der Waals surface area contributed by atoms with Crippen molar-refractivity contribution in [2.24, 2.45) is 5.73 Å². The van der Waals surface area contributed by atoms with E-state index in [1.54, 1.807) is 30.3 Å². The van der Waals surface area contributed by atoms with Crippen molar-refractivity contribution in [2.45, 2.75) is 38.3 Å². The minimum Gasteiger partial charge on any atom is -0.479 e. The zero-order valence-electron chi connectivity index (χ0n) is 14.7. The van der Waals surface area contributed by atoms with Crippen molar-refractivity contribution in [3.63, 3.8) is 0 Å². The summed E-state index contributed by atoms with van der Waals surface area (Å²) in [5, 5.41) is 26.3. The first-order chi connectivity index (χ1) is 11.7. The van der Waals surface area contributed by atoms with E-state index in [0.717, 1.165) is 11.1 Å². The second-order valence-corrected chi connectivity index (χ2v) is 6.30. The van der Waals surface area contributed by atoms with Crippen molar-refractivity contribution in [3.05, 3.63) is 71.3 Å². The van der Waals surface area contributed by atoms with Gasteiger partial charge in [-0.15, -0.1) is 0 Å². The van der Waals surface area contributed by atoms with Gasteiger partial charge in [-0.25, -0.2) is 4.79 Å². The van der Waals surface area contributed by atoms with Crippen LogP contribution in [0.2, 0.25) is 0 Å². The second kappa shape index (κ2) is 8.97. The smallest absolute Gasteiger partial charge is 0.337 e. The predicted molar refractivity (Wildman–Crippen MR) is 96.7 cm³/mol. The lowest BCUT2D eigenvalue weighted by Crippen LogP contribution is -2.14. The van der Waals surface area contributed by atoms with Gasteiger partial charge in [0, 0.05) is 6.04 Å². The van der Waals surface area contributed by atoms with Crippen molar-refractivity contribution in [1.82, 2.24) is 0 Å². The summed E-state index contributed by atoms with van der Waals surface area (Å²) in [5.41, 5.74) is 7.85. The molecule has 0 saturated carbocycles. The molecule has 2 aromatic rings. The van der Waals surface area contributed by atoms with Crippen LogP contribution in [0.25, 0.3) is 0 Å². The fourth-order valence-corrected chi connectivity index (χ4v) is 2.05. The summed E-state index contributed by atoms with van der Waals surface area (Å²) in [7, 11) is 0. The van der Waals surface area contributed by atoms with Gasteiger partial charge in [0.25, 0.3) is 0 Å². The van der Waals surface area contributed by atoms with E-state index in [9.17, 15) is 4.79 Å². The van der Waals surface area contributed by atoms with Gasteiger partial charge >= 0.3 is 5.97 Å². The van der Waals surface area contributed by atoms with Gasteiger partial charge in [-0.05, 0) is 37.5 Å². The quantitative estimate of drug-likeness (QED) is 0.791. The summed E-state index contributed by atoms with van der Waals surface area (Å²) in [6.07, 6.45) is -1.41. The molecular formula is C20H24N2O3. The Kier molecular flexibility index (Phi) is 7.31. The largest absolute Gasteiger partial charge is 0.479 e. The third kappa shape index (κ3) is 6.03. The Bertz CT molecular complexity index is 717. The topological polar surface area (TPSA) is 107 Å².